The fourth-order valence-corrected chi connectivity index (χ4v) is 4.10. The van der Waals surface area contributed by atoms with Gasteiger partial charge in [0.2, 0.25) is 5.91 Å². The number of carbonyl (C=O) groups is 2. The topological polar surface area (TPSA) is 58.6 Å². The van der Waals surface area contributed by atoms with Gasteiger partial charge in [-0.25, -0.2) is 0 Å². The highest BCUT2D eigenvalue weighted by atomic mass is 35.5. The van der Waals surface area contributed by atoms with E-state index in [2.05, 4.69) is 5.32 Å². The highest BCUT2D eigenvalue weighted by Crippen LogP contribution is 2.22. The predicted molar refractivity (Wildman–Crippen MR) is 146 cm³/mol. The van der Waals surface area contributed by atoms with E-state index in [4.69, 9.17) is 27.9 Å². The van der Waals surface area contributed by atoms with E-state index in [1.807, 2.05) is 70.2 Å². The first-order valence-electron chi connectivity index (χ1n) is 11.8. The summed E-state index contributed by atoms with van der Waals surface area (Å²) >= 11 is 12.3. The van der Waals surface area contributed by atoms with E-state index >= 15 is 0 Å². The normalized spacial score (nSPS) is 12.1. The van der Waals surface area contributed by atoms with Crippen LogP contribution in [0, 0.1) is 6.92 Å². The van der Waals surface area contributed by atoms with E-state index in [-0.39, 0.29) is 25.0 Å². The average molecular weight is 527 g/mol. The zero-order valence-electron chi connectivity index (χ0n) is 21.1. The molecule has 0 aromatic heterocycles. The molecule has 0 aliphatic rings. The first-order chi connectivity index (χ1) is 17.0. The summed E-state index contributed by atoms with van der Waals surface area (Å²) in [5.74, 6) is -0.0108. The monoisotopic (exact) mass is 526 g/mol. The molecule has 0 heterocycles. The van der Waals surface area contributed by atoms with Gasteiger partial charge >= 0.3 is 0 Å². The second-order valence-electron chi connectivity index (χ2n) is 9.80. The van der Waals surface area contributed by atoms with Gasteiger partial charge in [0.05, 0.1) is 0 Å². The molecule has 1 atom stereocenters. The van der Waals surface area contributed by atoms with Crippen molar-refractivity contribution in [1.82, 2.24) is 10.2 Å². The minimum absolute atomic E-state index is 0.206. The quantitative estimate of drug-likeness (QED) is 0.359. The molecule has 3 aromatic rings. The minimum atomic E-state index is -0.756. The van der Waals surface area contributed by atoms with Crippen LogP contribution in [0.15, 0.2) is 72.8 Å². The zero-order chi connectivity index (χ0) is 26.3. The lowest BCUT2D eigenvalue weighted by atomic mass is 10.0. The van der Waals surface area contributed by atoms with E-state index < -0.39 is 11.6 Å². The molecule has 0 aliphatic carbocycles. The van der Waals surface area contributed by atoms with Crippen molar-refractivity contribution in [3.8, 4) is 5.75 Å². The Hall–Kier alpha value is -3.02. The Morgan fingerprint density at radius 1 is 0.944 bits per heavy atom. The first kappa shape index (κ1) is 27.6. The molecule has 0 unspecified atom stereocenters. The number of amides is 2. The van der Waals surface area contributed by atoms with E-state index in [1.54, 1.807) is 35.2 Å². The fraction of sp³-hybridized carbons (Fsp3) is 0.310. The molecular weight excluding hydrogens is 495 g/mol. The third-order valence-electron chi connectivity index (χ3n) is 5.50. The van der Waals surface area contributed by atoms with Gasteiger partial charge in [-0.3, -0.25) is 9.59 Å². The second kappa shape index (κ2) is 12.3. The summed E-state index contributed by atoms with van der Waals surface area (Å²) in [6, 6.07) is 21.4. The Bertz CT molecular complexity index is 1190. The number of aryl methyl sites for hydroxylation is 1. The number of rotatable bonds is 9. The van der Waals surface area contributed by atoms with Crippen LogP contribution in [-0.2, 0) is 22.6 Å². The maximum Gasteiger partial charge on any atom is 0.261 e. The number of nitrogens with one attached hydrogen (secondary N) is 1. The molecule has 7 heteroatoms. The summed E-state index contributed by atoms with van der Waals surface area (Å²) in [7, 11) is 0. The summed E-state index contributed by atoms with van der Waals surface area (Å²) in [5.41, 5.74) is 2.15. The second-order valence-corrected chi connectivity index (χ2v) is 10.6. The van der Waals surface area contributed by atoms with E-state index in [0.717, 1.165) is 16.7 Å². The molecule has 0 fully saturated rings. The largest absolute Gasteiger partial charge is 0.484 e. The molecule has 36 heavy (non-hydrogen) atoms. The molecule has 0 aliphatic heterocycles. The lowest BCUT2D eigenvalue weighted by molar-refractivity contribution is -0.143. The van der Waals surface area contributed by atoms with Crippen LogP contribution in [0.1, 0.15) is 37.5 Å². The number of hydrogen-bond donors (Lipinski definition) is 1. The highest BCUT2D eigenvalue weighted by molar-refractivity contribution is 6.31. The number of hydrogen-bond acceptors (Lipinski definition) is 3. The van der Waals surface area contributed by atoms with Crippen LogP contribution in [0.2, 0.25) is 10.0 Å². The number of halogens is 2. The number of nitrogens with zero attached hydrogens (tertiary/aromatic N) is 1. The van der Waals surface area contributed by atoms with Crippen LogP contribution >= 0.6 is 23.2 Å². The van der Waals surface area contributed by atoms with Crippen LogP contribution in [0.5, 0.6) is 5.75 Å². The van der Waals surface area contributed by atoms with Gasteiger partial charge in [0.15, 0.2) is 6.61 Å². The van der Waals surface area contributed by atoms with Crippen LogP contribution < -0.4 is 10.1 Å². The van der Waals surface area contributed by atoms with Gasteiger partial charge in [-0.1, -0.05) is 65.7 Å². The maximum atomic E-state index is 13.6. The van der Waals surface area contributed by atoms with Crippen molar-refractivity contribution in [1.29, 1.82) is 0 Å². The SMILES string of the molecule is Cc1cc(OCC(=O)N(Cc2cccc(Cl)c2)[C@H](Cc2ccccc2)C(=O)NC(C)(C)C)ccc1Cl. The van der Waals surface area contributed by atoms with E-state index in [1.165, 1.54) is 0 Å². The third-order valence-corrected chi connectivity index (χ3v) is 6.16. The summed E-state index contributed by atoms with van der Waals surface area (Å²) in [6.45, 7) is 7.60. The maximum absolute atomic E-state index is 13.6. The molecule has 0 bridgehead atoms. The van der Waals surface area contributed by atoms with E-state index in [9.17, 15) is 9.59 Å². The number of ether oxygens (including phenoxy) is 1. The minimum Gasteiger partial charge on any atom is -0.484 e. The Morgan fingerprint density at radius 3 is 2.28 bits per heavy atom. The number of benzene rings is 3. The average Bonchev–Trinajstić information content (AvgIpc) is 2.81. The van der Waals surface area contributed by atoms with Crippen LogP contribution in [-0.4, -0.2) is 34.9 Å². The van der Waals surface area contributed by atoms with E-state index in [0.29, 0.717) is 22.2 Å². The molecule has 190 valence electrons. The summed E-state index contributed by atoms with van der Waals surface area (Å²) in [6.07, 6.45) is 0.356. The Balaban J connectivity index is 1.93. The van der Waals surface area contributed by atoms with Crippen molar-refractivity contribution in [3.63, 3.8) is 0 Å². The molecule has 2 amide bonds. The van der Waals surface area contributed by atoms with Crippen LogP contribution in [0.3, 0.4) is 0 Å². The highest BCUT2D eigenvalue weighted by Gasteiger charge is 2.32. The fourth-order valence-electron chi connectivity index (χ4n) is 3.77. The summed E-state index contributed by atoms with van der Waals surface area (Å²) in [5, 5.41) is 4.23. The molecule has 3 aromatic carbocycles. The van der Waals surface area contributed by atoms with Gasteiger partial charge < -0.3 is 15.0 Å². The third kappa shape index (κ3) is 8.28. The Labute approximate surface area is 223 Å². The molecule has 0 saturated carbocycles. The lowest BCUT2D eigenvalue weighted by Crippen LogP contribution is -2.55. The van der Waals surface area contributed by atoms with Crippen molar-refractivity contribution < 1.29 is 14.3 Å². The van der Waals surface area contributed by atoms with Gasteiger partial charge in [0, 0.05) is 28.5 Å². The summed E-state index contributed by atoms with van der Waals surface area (Å²) < 4.78 is 5.82. The predicted octanol–water partition coefficient (Wildman–Crippen LogP) is 6.24. The van der Waals surface area contributed by atoms with Crippen LogP contribution in [0.25, 0.3) is 0 Å². The lowest BCUT2D eigenvalue weighted by Gasteiger charge is -2.33. The smallest absolute Gasteiger partial charge is 0.261 e. The molecule has 0 radical (unpaired) electrons. The van der Waals surface area contributed by atoms with Crippen molar-refractivity contribution in [2.24, 2.45) is 0 Å². The number of carbonyl (C=O) groups excluding carboxylic acids is 2. The Kier molecular flexibility index (Phi) is 9.41. The molecule has 3 rings (SSSR count). The van der Waals surface area contributed by atoms with Crippen molar-refractivity contribution in [2.45, 2.75) is 52.2 Å². The van der Waals surface area contributed by atoms with Gasteiger partial charge in [-0.05, 0) is 74.7 Å². The van der Waals surface area contributed by atoms with Gasteiger partial charge in [-0.2, -0.15) is 0 Å². The Morgan fingerprint density at radius 2 is 1.64 bits per heavy atom. The van der Waals surface area contributed by atoms with Crippen molar-refractivity contribution >= 4 is 35.0 Å². The van der Waals surface area contributed by atoms with Gasteiger partial charge in [0.1, 0.15) is 11.8 Å². The molecule has 5 nitrogen and oxygen atoms in total. The molecule has 0 saturated heterocycles. The van der Waals surface area contributed by atoms with Gasteiger partial charge in [-0.15, -0.1) is 0 Å². The molecule has 1 N–H and O–H groups in total. The van der Waals surface area contributed by atoms with Crippen molar-refractivity contribution in [2.75, 3.05) is 6.61 Å². The van der Waals surface area contributed by atoms with Crippen molar-refractivity contribution in [3.05, 3.63) is 99.5 Å². The summed E-state index contributed by atoms with van der Waals surface area (Å²) in [4.78, 5) is 28.7. The van der Waals surface area contributed by atoms with Crippen LogP contribution in [0.4, 0.5) is 0 Å². The molecular formula is C29H32Cl2N2O3. The first-order valence-corrected chi connectivity index (χ1v) is 12.6. The zero-order valence-corrected chi connectivity index (χ0v) is 22.6. The standard InChI is InChI=1S/C29H32Cl2N2O3/c1-20-15-24(13-14-25(20)31)36-19-27(34)33(18-22-11-8-12-23(30)16-22)26(28(35)32-29(2,3)4)17-21-9-6-5-7-10-21/h5-16,26H,17-19H2,1-4H3,(H,32,35)/t26-/m1/s1. The molecule has 0 spiro atoms. The van der Waals surface area contributed by atoms with Gasteiger partial charge in [0.25, 0.3) is 5.91 Å².